The maximum Gasteiger partial charge on any atom is 0.318 e. The van der Waals surface area contributed by atoms with Crippen LogP contribution in [0.15, 0.2) is 41.8 Å². The minimum absolute atomic E-state index is 0.321. The van der Waals surface area contributed by atoms with Gasteiger partial charge in [-0.15, -0.1) is 0 Å². The smallest absolute Gasteiger partial charge is 0.318 e. The second-order valence-corrected chi connectivity index (χ2v) is 8.68. The van der Waals surface area contributed by atoms with E-state index in [0.29, 0.717) is 32.7 Å². The molecule has 3 amide bonds. The molecule has 1 unspecified atom stereocenters. The Morgan fingerprint density at radius 2 is 1.82 bits per heavy atom. The van der Waals surface area contributed by atoms with Crippen LogP contribution in [0.25, 0.3) is 0 Å². The van der Waals surface area contributed by atoms with Crippen LogP contribution in [-0.2, 0) is 25.8 Å². The molecule has 9 heteroatoms. The zero-order valence-electron chi connectivity index (χ0n) is 16.1. The van der Waals surface area contributed by atoms with Gasteiger partial charge in [-0.2, -0.15) is 0 Å². The van der Waals surface area contributed by atoms with E-state index in [1.54, 1.807) is 11.8 Å². The van der Waals surface area contributed by atoms with E-state index in [1.807, 2.05) is 30.3 Å². The number of benzene rings is 1. The van der Waals surface area contributed by atoms with Crippen molar-refractivity contribution in [2.45, 2.75) is 25.4 Å². The van der Waals surface area contributed by atoms with E-state index in [-0.39, 0.29) is 11.9 Å². The molecule has 1 aliphatic rings. The molecule has 0 spiro atoms. The van der Waals surface area contributed by atoms with Crippen molar-refractivity contribution in [3.63, 3.8) is 0 Å². The SMILES string of the molecule is C[C@@H](/C=C/S(C)(=O)=O)NC(=O)C(Cc1ccccc1)NC(=O)N1CCOCC1. The summed E-state index contributed by atoms with van der Waals surface area (Å²) in [5.41, 5.74) is 0.907. The van der Waals surface area contributed by atoms with Crippen molar-refractivity contribution in [3.8, 4) is 0 Å². The minimum atomic E-state index is -3.28. The Labute approximate surface area is 165 Å². The van der Waals surface area contributed by atoms with Crippen molar-refractivity contribution < 1.29 is 22.7 Å². The Kier molecular flexibility index (Phi) is 8.01. The van der Waals surface area contributed by atoms with E-state index in [9.17, 15) is 18.0 Å². The normalized spacial score (nSPS) is 17.1. The third kappa shape index (κ3) is 7.69. The summed E-state index contributed by atoms with van der Waals surface area (Å²) in [5, 5.41) is 6.57. The summed E-state index contributed by atoms with van der Waals surface area (Å²) in [6, 6.07) is 7.77. The Morgan fingerprint density at radius 1 is 1.18 bits per heavy atom. The quantitative estimate of drug-likeness (QED) is 0.690. The van der Waals surface area contributed by atoms with E-state index in [1.165, 1.54) is 6.08 Å². The van der Waals surface area contributed by atoms with Crippen LogP contribution in [0.1, 0.15) is 12.5 Å². The number of carbonyl (C=O) groups excluding carboxylic acids is 2. The van der Waals surface area contributed by atoms with Gasteiger partial charge >= 0.3 is 6.03 Å². The molecule has 1 fully saturated rings. The molecular formula is C19H27N3O5S. The first-order valence-electron chi connectivity index (χ1n) is 9.10. The number of hydrogen-bond acceptors (Lipinski definition) is 5. The summed E-state index contributed by atoms with van der Waals surface area (Å²) < 4.78 is 27.7. The maximum absolute atomic E-state index is 12.7. The molecular weight excluding hydrogens is 382 g/mol. The first-order valence-corrected chi connectivity index (χ1v) is 11.1. The number of carbonyl (C=O) groups is 2. The molecule has 2 atom stereocenters. The third-order valence-electron chi connectivity index (χ3n) is 4.18. The number of ether oxygens (including phenoxy) is 1. The van der Waals surface area contributed by atoms with E-state index in [0.717, 1.165) is 17.2 Å². The van der Waals surface area contributed by atoms with Gasteiger partial charge in [-0.05, 0) is 12.5 Å². The summed E-state index contributed by atoms with van der Waals surface area (Å²) >= 11 is 0. The van der Waals surface area contributed by atoms with Crippen LogP contribution >= 0.6 is 0 Å². The van der Waals surface area contributed by atoms with Gasteiger partial charge in [-0.1, -0.05) is 36.4 Å². The summed E-state index contributed by atoms with van der Waals surface area (Å²) in [6.07, 6.45) is 2.81. The molecule has 28 heavy (non-hydrogen) atoms. The number of rotatable bonds is 7. The van der Waals surface area contributed by atoms with E-state index in [4.69, 9.17) is 4.74 Å². The van der Waals surface area contributed by atoms with Crippen LogP contribution in [0.5, 0.6) is 0 Å². The molecule has 0 bridgehead atoms. The number of amides is 3. The Hall–Kier alpha value is -2.39. The highest BCUT2D eigenvalue weighted by Gasteiger charge is 2.25. The van der Waals surface area contributed by atoms with Gasteiger partial charge < -0.3 is 20.3 Å². The van der Waals surface area contributed by atoms with Crippen LogP contribution in [0, 0.1) is 0 Å². The number of nitrogens with zero attached hydrogens (tertiary/aromatic N) is 1. The number of urea groups is 1. The lowest BCUT2D eigenvalue weighted by Crippen LogP contribution is -2.55. The zero-order chi connectivity index (χ0) is 20.6. The van der Waals surface area contributed by atoms with Crippen LogP contribution in [0.4, 0.5) is 4.79 Å². The van der Waals surface area contributed by atoms with Gasteiger partial charge in [-0.3, -0.25) is 4.79 Å². The van der Waals surface area contributed by atoms with Crippen molar-refractivity contribution in [3.05, 3.63) is 47.4 Å². The monoisotopic (exact) mass is 409 g/mol. The molecule has 0 aliphatic carbocycles. The fraction of sp³-hybridized carbons (Fsp3) is 0.474. The van der Waals surface area contributed by atoms with Crippen LogP contribution in [-0.4, -0.2) is 69.9 Å². The van der Waals surface area contributed by atoms with Crippen molar-refractivity contribution in [1.82, 2.24) is 15.5 Å². The van der Waals surface area contributed by atoms with Gasteiger partial charge in [0.2, 0.25) is 5.91 Å². The topological polar surface area (TPSA) is 105 Å². The molecule has 8 nitrogen and oxygen atoms in total. The summed E-state index contributed by atoms with van der Waals surface area (Å²) in [5.74, 6) is -0.379. The third-order valence-corrected chi connectivity index (χ3v) is 4.83. The van der Waals surface area contributed by atoms with E-state index < -0.39 is 21.9 Å². The Balaban J connectivity index is 2.06. The highest BCUT2D eigenvalue weighted by atomic mass is 32.2. The predicted octanol–water partition coefficient (Wildman–Crippen LogP) is 0.703. The summed E-state index contributed by atoms with van der Waals surface area (Å²) in [6.45, 7) is 3.55. The van der Waals surface area contributed by atoms with Crippen molar-refractivity contribution in [2.75, 3.05) is 32.6 Å². The average molecular weight is 410 g/mol. The Bertz CT molecular complexity index is 789. The fourth-order valence-electron chi connectivity index (χ4n) is 2.70. The van der Waals surface area contributed by atoms with Crippen LogP contribution < -0.4 is 10.6 Å². The first kappa shape index (κ1) is 21.9. The molecule has 154 valence electrons. The molecule has 1 saturated heterocycles. The predicted molar refractivity (Wildman–Crippen MR) is 106 cm³/mol. The Morgan fingerprint density at radius 3 is 2.43 bits per heavy atom. The second-order valence-electron chi connectivity index (χ2n) is 6.75. The molecule has 0 aromatic heterocycles. The van der Waals surface area contributed by atoms with Gasteiger partial charge in [0.1, 0.15) is 6.04 Å². The lowest BCUT2D eigenvalue weighted by atomic mass is 10.0. The van der Waals surface area contributed by atoms with Crippen molar-refractivity contribution in [2.24, 2.45) is 0 Å². The molecule has 2 N–H and O–H groups in total. The van der Waals surface area contributed by atoms with Gasteiger partial charge in [0, 0.05) is 37.2 Å². The zero-order valence-corrected chi connectivity index (χ0v) is 16.9. The van der Waals surface area contributed by atoms with Gasteiger partial charge in [0.25, 0.3) is 0 Å². The highest BCUT2D eigenvalue weighted by molar-refractivity contribution is 7.93. The van der Waals surface area contributed by atoms with Crippen LogP contribution in [0.2, 0.25) is 0 Å². The van der Waals surface area contributed by atoms with Gasteiger partial charge in [0.05, 0.1) is 13.2 Å². The number of nitrogens with one attached hydrogen (secondary N) is 2. The average Bonchev–Trinajstić information content (AvgIpc) is 2.66. The molecule has 1 aromatic rings. The van der Waals surface area contributed by atoms with Gasteiger partial charge in [0.15, 0.2) is 9.84 Å². The summed E-state index contributed by atoms with van der Waals surface area (Å²) in [7, 11) is -3.28. The standard InChI is InChI=1S/C19H27N3O5S/c1-15(8-13-28(2,25)26)20-18(23)17(14-16-6-4-3-5-7-16)21-19(24)22-9-11-27-12-10-22/h3-8,13,15,17H,9-12,14H2,1-2H3,(H,20,23)(H,21,24)/b13-8+/t15-,17?/m0/s1. The molecule has 0 saturated carbocycles. The molecule has 1 aromatic carbocycles. The lowest BCUT2D eigenvalue weighted by Gasteiger charge is -2.29. The summed E-state index contributed by atoms with van der Waals surface area (Å²) in [4.78, 5) is 26.9. The van der Waals surface area contributed by atoms with Crippen molar-refractivity contribution >= 4 is 21.8 Å². The number of morpholine rings is 1. The molecule has 0 radical (unpaired) electrons. The fourth-order valence-corrected chi connectivity index (χ4v) is 3.22. The van der Waals surface area contributed by atoms with Crippen LogP contribution in [0.3, 0.4) is 0 Å². The lowest BCUT2D eigenvalue weighted by molar-refractivity contribution is -0.123. The molecule has 2 rings (SSSR count). The number of hydrogen-bond donors (Lipinski definition) is 2. The highest BCUT2D eigenvalue weighted by Crippen LogP contribution is 2.06. The molecule has 1 aliphatic heterocycles. The second kappa shape index (κ2) is 10.2. The largest absolute Gasteiger partial charge is 0.378 e. The maximum atomic E-state index is 12.7. The van der Waals surface area contributed by atoms with Crippen molar-refractivity contribution in [1.29, 1.82) is 0 Å². The van der Waals surface area contributed by atoms with Gasteiger partial charge in [-0.25, -0.2) is 13.2 Å². The number of sulfone groups is 1. The first-order chi connectivity index (χ1) is 13.2. The van der Waals surface area contributed by atoms with E-state index in [2.05, 4.69) is 10.6 Å². The van der Waals surface area contributed by atoms with E-state index >= 15 is 0 Å². The minimum Gasteiger partial charge on any atom is -0.378 e. The molecule has 1 heterocycles.